The molecule has 1 aromatic rings. The molecular weight excluding hydrogens is 294 g/mol. The summed E-state index contributed by atoms with van der Waals surface area (Å²) in [5.74, 6) is 0.0398. The second-order valence-corrected chi connectivity index (χ2v) is 4.88. The number of amides is 1. The van der Waals surface area contributed by atoms with Gasteiger partial charge in [0.25, 0.3) is 0 Å². The number of carbonyl (C=O) groups is 1. The highest BCUT2D eigenvalue weighted by Gasteiger charge is 2.16. The number of nitrogens with one attached hydrogen (secondary N) is 1. The number of carbonyl (C=O) groups excluding carboxylic acids is 1. The summed E-state index contributed by atoms with van der Waals surface area (Å²) >= 11 is 3.32. The number of nitriles is 1. The lowest BCUT2D eigenvalue weighted by Crippen LogP contribution is -2.38. The quantitative estimate of drug-likeness (QED) is 0.930. The van der Waals surface area contributed by atoms with E-state index < -0.39 is 0 Å². The molecule has 1 N–H and O–H groups in total. The molecule has 4 nitrogen and oxygen atoms in total. The summed E-state index contributed by atoms with van der Waals surface area (Å²) in [6, 6.07) is 7.09. The first kappa shape index (κ1) is 14.5. The summed E-state index contributed by atoms with van der Waals surface area (Å²) in [5.41, 5.74) is 1.39. The van der Waals surface area contributed by atoms with Crippen molar-refractivity contribution in [2.24, 2.45) is 0 Å². The van der Waals surface area contributed by atoms with E-state index in [9.17, 15) is 4.79 Å². The van der Waals surface area contributed by atoms with Crippen LogP contribution in [-0.2, 0) is 4.79 Å². The van der Waals surface area contributed by atoms with Crippen LogP contribution in [0.15, 0.2) is 22.7 Å². The zero-order valence-electron chi connectivity index (χ0n) is 10.7. The predicted octanol–water partition coefficient (Wildman–Crippen LogP) is 2.60. The van der Waals surface area contributed by atoms with Gasteiger partial charge in [0.1, 0.15) is 12.1 Å². The summed E-state index contributed by atoms with van der Waals surface area (Å²) in [5, 5.41) is 11.9. The first-order valence-corrected chi connectivity index (χ1v) is 6.50. The van der Waals surface area contributed by atoms with Gasteiger partial charge in [0, 0.05) is 23.8 Å². The second kappa shape index (κ2) is 6.41. The highest BCUT2D eigenvalue weighted by Crippen LogP contribution is 2.21. The van der Waals surface area contributed by atoms with Crippen LogP contribution in [0.5, 0.6) is 0 Å². The molecule has 0 aliphatic rings. The lowest BCUT2D eigenvalue weighted by atomic mass is 10.2. The highest BCUT2D eigenvalue weighted by molar-refractivity contribution is 9.10. The SMILES string of the molecule is CCN(C)C(=O)C(C)Nc1ccc(C#N)c(Br)c1. The van der Waals surface area contributed by atoms with Gasteiger partial charge in [-0.25, -0.2) is 0 Å². The van der Waals surface area contributed by atoms with Crippen molar-refractivity contribution in [3.63, 3.8) is 0 Å². The Balaban J connectivity index is 2.77. The van der Waals surface area contributed by atoms with Gasteiger partial charge in [0.2, 0.25) is 5.91 Å². The highest BCUT2D eigenvalue weighted by atomic mass is 79.9. The molecule has 18 heavy (non-hydrogen) atoms. The van der Waals surface area contributed by atoms with Crippen molar-refractivity contribution in [1.29, 1.82) is 5.26 Å². The van der Waals surface area contributed by atoms with Crippen molar-refractivity contribution >= 4 is 27.5 Å². The van der Waals surface area contributed by atoms with Crippen LogP contribution in [0.25, 0.3) is 0 Å². The zero-order valence-corrected chi connectivity index (χ0v) is 12.3. The summed E-state index contributed by atoms with van der Waals surface area (Å²) < 4.78 is 0.721. The molecule has 1 aromatic carbocycles. The maximum Gasteiger partial charge on any atom is 0.244 e. The molecule has 96 valence electrons. The van der Waals surface area contributed by atoms with Crippen LogP contribution < -0.4 is 5.32 Å². The van der Waals surface area contributed by atoms with E-state index in [4.69, 9.17) is 5.26 Å². The maximum absolute atomic E-state index is 11.9. The molecule has 1 unspecified atom stereocenters. The number of hydrogen-bond acceptors (Lipinski definition) is 3. The average molecular weight is 310 g/mol. The maximum atomic E-state index is 11.9. The Kier molecular flexibility index (Phi) is 5.17. The van der Waals surface area contributed by atoms with E-state index in [0.29, 0.717) is 12.1 Å². The van der Waals surface area contributed by atoms with E-state index in [1.165, 1.54) is 0 Å². The van der Waals surface area contributed by atoms with Gasteiger partial charge in [0.15, 0.2) is 0 Å². The largest absolute Gasteiger partial charge is 0.374 e. The molecule has 1 atom stereocenters. The first-order chi connectivity index (χ1) is 8.49. The van der Waals surface area contributed by atoms with Crippen molar-refractivity contribution in [2.75, 3.05) is 18.9 Å². The molecule has 0 saturated heterocycles. The number of halogens is 1. The number of anilines is 1. The van der Waals surface area contributed by atoms with Crippen molar-refractivity contribution < 1.29 is 4.79 Å². The number of benzene rings is 1. The van der Waals surface area contributed by atoms with E-state index in [-0.39, 0.29) is 11.9 Å². The molecule has 0 bridgehead atoms. The average Bonchev–Trinajstić information content (AvgIpc) is 2.37. The third-order valence-corrected chi connectivity index (χ3v) is 3.35. The fourth-order valence-corrected chi connectivity index (χ4v) is 1.96. The van der Waals surface area contributed by atoms with Gasteiger partial charge >= 0.3 is 0 Å². The van der Waals surface area contributed by atoms with Crippen LogP contribution in [0.2, 0.25) is 0 Å². The Morgan fingerprint density at radius 2 is 2.28 bits per heavy atom. The van der Waals surface area contributed by atoms with E-state index in [2.05, 4.69) is 27.3 Å². The Morgan fingerprint density at radius 1 is 1.61 bits per heavy atom. The number of rotatable bonds is 4. The van der Waals surface area contributed by atoms with Gasteiger partial charge in [-0.3, -0.25) is 4.79 Å². The van der Waals surface area contributed by atoms with E-state index in [0.717, 1.165) is 10.2 Å². The smallest absolute Gasteiger partial charge is 0.244 e. The van der Waals surface area contributed by atoms with Crippen LogP contribution in [0.3, 0.4) is 0 Å². The second-order valence-electron chi connectivity index (χ2n) is 4.02. The molecule has 0 heterocycles. The molecule has 0 fully saturated rings. The molecule has 1 rings (SSSR count). The number of nitrogens with zero attached hydrogens (tertiary/aromatic N) is 2. The van der Waals surface area contributed by atoms with Gasteiger partial charge in [0.05, 0.1) is 5.56 Å². The zero-order chi connectivity index (χ0) is 13.7. The van der Waals surface area contributed by atoms with Crippen LogP contribution in [0.1, 0.15) is 19.4 Å². The fraction of sp³-hybridized carbons (Fsp3) is 0.385. The Hall–Kier alpha value is -1.54. The van der Waals surface area contributed by atoms with Gasteiger partial charge in [-0.2, -0.15) is 5.26 Å². The lowest BCUT2D eigenvalue weighted by molar-refractivity contribution is -0.130. The monoisotopic (exact) mass is 309 g/mol. The van der Waals surface area contributed by atoms with Gasteiger partial charge in [-0.05, 0) is 48.0 Å². The Bertz CT molecular complexity index is 482. The first-order valence-electron chi connectivity index (χ1n) is 5.70. The van der Waals surface area contributed by atoms with Crippen LogP contribution in [0.4, 0.5) is 5.69 Å². The van der Waals surface area contributed by atoms with Crippen LogP contribution in [-0.4, -0.2) is 30.4 Å². The summed E-state index contributed by atoms with van der Waals surface area (Å²) in [7, 11) is 1.77. The lowest BCUT2D eigenvalue weighted by Gasteiger charge is -2.21. The molecule has 0 spiro atoms. The number of hydrogen-bond donors (Lipinski definition) is 1. The van der Waals surface area contributed by atoms with Gasteiger partial charge < -0.3 is 10.2 Å². The van der Waals surface area contributed by atoms with Crippen molar-refractivity contribution in [1.82, 2.24) is 4.90 Å². The number of likely N-dealkylation sites (N-methyl/N-ethyl adjacent to an activating group) is 1. The third kappa shape index (κ3) is 3.47. The third-order valence-electron chi connectivity index (χ3n) is 2.69. The van der Waals surface area contributed by atoms with E-state index >= 15 is 0 Å². The summed E-state index contributed by atoms with van der Waals surface area (Å²) in [6.07, 6.45) is 0. The van der Waals surface area contributed by atoms with Crippen molar-refractivity contribution in [3.8, 4) is 6.07 Å². The molecule has 0 aliphatic heterocycles. The minimum absolute atomic E-state index is 0.0398. The van der Waals surface area contributed by atoms with Crippen LogP contribution >= 0.6 is 15.9 Å². The minimum atomic E-state index is -0.296. The Labute approximate surface area is 116 Å². The molecule has 1 amide bonds. The fourth-order valence-electron chi connectivity index (χ4n) is 1.49. The summed E-state index contributed by atoms with van der Waals surface area (Å²) in [4.78, 5) is 13.5. The molecule has 0 aromatic heterocycles. The predicted molar refractivity (Wildman–Crippen MR) is 75.3 cm³/mol. The molecule has 0 saturated carbocycles. The van der Waals surface area contributed by atoms with E-state index in [1.807, 2.05) is 13.8 Å². The molecule has 0 radical (unpaired) electrons. The molecular formula is C13H16BrN3O. The summed E-state index contributed by atoms with van der Waals surface area (Å²) in [6.45, 7) is 4.44. The van der Waals surface area contributed by atoms with Gasteiger partial charge in [-0.15, -0.1) is 0 Å². The molecule has 5 heteroatoms. The van der Waals surface area contributed by atoms with Crippen LogP contribution in [0, 0.1) is 11.3 Å². The topological polar surface area (TPSA) is 56.1 Å². The van der Waals surface area contributed by atoms with E-state index in [1.54, 1.807) is 30.1 Å². The Morgan fingerprint density at radius 3 is 2.78 bits per heavy atom. The normalized spacial score (nSPS) is 11.5. The van der Waals surface area contributed by atoms with Crippen molar-refractivity contribution in [3.05, 3.63) is 28.2 Å². The standard InChI is InChI=1S/C13H16BrN3O/c1-4-17(3)13(18)9(2)16-11-6-5-10(8-15)12(14)7-11/h5-7,9,16H,4H2,1-3H3. The minimum Gasteiger partial charge on any atom is -0.374 e. The van der Waals surface area contributed by atoms with Crippen molar-refractivity contribution in [2.45, 2.75) is 19.9 Å². The molecule has 0 aliphatic carbocycles. The van der Waals surface area contributed by atoms with Gasteiger partial charge in [-0.1, -0.05) is 0 Å².